The average Bonchev–Trinajstić information content (AvgIpc) is 3.09. The van der Waals surface area contributed by atoms with E-state index in [-0.39, 0.29) is 11.9 Å². The Labute approximate surface area is 111 Å². The molecule has 1 saturated heterocycles. The summed E-state index contributed by atoms with van der Waals surface area (Å²) in [4.78, 5) is 21.7. The molecule has 100 valence electrons. The van der Waals surface area contributed by atoms with E-state index in [1.54, 1.807) is 6.20 Å². The van der Waals surface area contributed by atoms with Crippen molar-refractivity contribution in [3.8, 4) is 0 Å². The van der Waals surface area contributed by atoms with Gasteiger partial charge in [-0.25, -0.2) is 4.98 Å². The van der Waals surface area contributed by atoms with Crippen LogP contribution in [0.3, 0.4) is 0 Å². The van der Waals surface area contributed by atoms with Gasteiger partial charge in [-0.1, -0.05) is 0 Å². The lowest BCUT2D eigenvalue weighted by molar-refractivity contribution is 0.0600. The molecular weight excluding hydrogens is 242 g/mol. The molecule has 6 nitrogen and oxygen atoms in total. The number of aromatic nitrogens is 4. The number of hydrogen-bond donors (Lipinski definition) is 2. The van der Waals surface area contributed by atoms with Crippen LogP contribution in [0.2, 0.25) is 0 Å². The van der Waals surface area contributed by atoms with Crippen LogP contribution >= 0.6 is 0 Å². The van der Waals surface area contributed by atoms with Crippen molar-refractivity contribution >= 4 is 5.91 Å². The Bertz CT molecular complexity index is 559. The molecule has 19 heavy (non-hydrogen) atoms. The molecule has 1 fully saturated rings. The Balaban J connectivity index is 1.89. The van der Waals surface area contributed by atoms with Gasteiger partial charge in [-0.15, -0.1) is 0 Å². The molecule has 2 aromatic rings. The van der Waals surface area contributed by atoms with Crippen LogP contribution in [0.5, 0.6) is 0 Å². The molecule has 3 rings (SSSR count). The van der Waals surface area contributed by atoms with E-state index in [1.807, 2.05) is 18.0 Å². The van der Waals surface area contributed by atoms with Crippen LogP contribution < -0.4 is 0 Å². The van der Waals surface area contributed by atoms with Gasteiger partial charge < -0.3 is 9.88 Å². The van der Waals surface area contributed by atoms with Crippen molar-refractivity contribution in [1.82, 2.24) is 25.1 Å². The highest BCUT2D eigenvalue weighted by atomic mass is 16.2. The number of H-pyrrole nitrogens is 2. The van der Waals surface area contributed by atoms with E-state index in [2.05, 4.69) is 20.2 Å². The monoisotopic (exact) mass is 259 g/mol. The second kappa shape index (κ2) is 4.87. The third-order valence-corrected chi connectivity index (χ3v) is 3.70. The Hall–Kier alpha value is -2.11. The van der Waals surface area contributed by atoms with Crippen LogP contribution in [0.1, 0.15) is 47.1 Å². The number of rotatable bonds is 2. The van der Waals surface area contributed by atoms with Gasteiger partial charge in [0.25, 0.3) is 5.91 Å². The summed E-state index contributed by atoms with van der Waals surface area (Å²) in [6.07, 6.45) is 8.20. The standard InChI is InChI=1S/C13H17N5O/c1-9-6-14-7-10(9)13(19)18-5-3-2-4-11(18)12-15-8-16-17-12/h6-8,11,14H,2-5H2,1H3,(H,15,16,17)/t11-/m1/s1. The topological polar surface area (TPSA) is 77.7 Å². The molecule has 0 aromatic carbocycles. The molecule has 0 radical (unpaired) electrons. The fourth-order valence-electron chi connectivity index (χ4n) is 2.66. The first-order valence-corrected chi connectivity index (χ1v) is 6.57. The molecule has 3 heterocycles. The number of amides is 1. The minimum Gasteiger partial charge on any atom is -0.367 e. The molecule has 0 bridgehead atoms. The number of hydrogen-bond acceptors (Lipinski definition) is 3. The summed E-state index contributed by atoms with van der Waals surface area (Å²) in [7, 11) is 0. The van der Waals surface area contributed by atoms with Crippen molar-refractivity contribution in [3.63, 3.8) is 0 Å². The Morgan fingerprint density at radius 3 is 3.00 bits per heavy atom. The fourth-order valence-corrected chi connectivity index (χ4v) is 2.66. The van der Waals surface area contributed by atoms with Crippen molar-refractivity contribution < 1.29 is 4.79 Å². The minimum atomic E-state index is 0.0121. The lowest BCUT2D eigenvalue weighted by Gasteiger charge is -2.34. The van der Waals surface area contributed by atoms with Crippen LogP contribution in [0.4, 0.5) is 0 Å². The van der Waals surface area contributed by atoms with Crippen molar-refractivity contribution in [1.29, 1.82) is 0 Å². The van der Waals surface area contributed by atoms with Gasteiger partial charge in [0.1, 0.15) is 12.2 Å². The first kappa shape index (κ1) is 12.0. The SMILES string of the molecule is Cc1c[nH]cc1C(=O)N1CCCC[C@@H]1c1ncn[nH]1. The third-order valence-electron chi connectivity index (χ3n) is 3.70. The van der Waals surface area contributed by atoms with Gasteiger partial charge in [-0.3, -0.25) is 9.89 Å². The maximum absolute atomic E-state index is 12.6. The summed E-state index contributed by atoms with van der Waals surface area (Å²) in [6.45, 7) is 2.71. The number of aromatic amines is 2. The first-order valence-electron chi connectivity index (χ1n) is 6.57. The zero-order chi connectivity index (χ0) is 13.2. The quantitative estimate of drug-likeness (QED) is 0.863. The molecule has 0 unspecified atom stereocenters. The highest BCUT2D eigenvalue weighted by molar-refractivity contribution is 5.95. The van der Waals surface area contributed by atoms with Crippen LogP contribution in [0, 0.1) is 6.92 Å². The molecule has 0 aliphatic carbocycles. The van der Waals surface area contributed by atoms with E-state index in [1.165, 1.54) is 6.33 Å². The molecule has 1 aliphatic heterocycles. The summed E-state index contributed by atoms with van der Waals surface area (Å²) in [5.74, 6) is 0.848. The molecule has 1 atom stereocenters. The predicted molar refractivity (Wildman–Crippen MR) is 69.5 cm³/mol. The summed E-state index contributed by atoms with van der Waals surface area (Å²) in [5, 5.41) is 6.78. The van der Waals surface area contributed by atoms with Crippen molar-refractivity contribution in [3.05, 3.63) is 35.7 Å². The van der Waals surface area contributed by atoms with Gasteiger partial charge in [-0.05, 0) is 31.7 Å². The van der Waals surface area contributed by atoms with Gasteiger partial charge in [0.2, 0.25) is 0 Å². The molecule has 1 amide bonds. The van der Waals surface area contributed by atoms with Crippen LogP contribution in [0.25, 0.3) is 0 Å². The summed E-state index contributed by atoms with van der Waals surface area (Å²) >= 11 is 0. The third kappa shape index (κ3) is 2.14. The normalized spacial score (nSPS) is 19.6. The first-order chi connectivity index (χ1) is 9.27. The number of piperidine rings is 1. The molecule has 0 spiro atoms. The van der Waals surface area contributed by atoms with Crippen molar-refractivity contribution in [2.24, 2.45) is 0 Å². The average molecular weight is 259 g/mol. The van der Waals surface area contributed by atoms with Crippen LogP contribution in [0.15, 0.2) is 18.7 Å². The predicted octanol–water partition coefficient (Wildman–Crippen LogP) is 1.81. The van der Waals surface area contributed by atoms with Crippen molar-refractivity contribution in [2.75, 3.05) is 6.54 Å². The number of nitrogens with zero attached hydrogens (tertiary/aromatic N) is 3. The zero-order valence-corrected chi connectivity index (χ0v) is 10.9. The number of nitrogens with one attached hydrogen (secondary N) is 2. The van der Waals surface area contributed by atoms with E-state index in [0.717, 1.165) is 42.8 Å². The smallest absolute Gasteiger partial charge is 0.256 e. The van der Waals surface area contributed by atoms with Gasteiger partial charge in [-0.2, -0.15) is 5.10 Å². The van der Waals surface area contributed by atoms with E-state index in [0.29, 0.717) is 0 Å². The van der Waals surface area contributed by atoms with E-state index < -0.39 is 0 Å². The number of carbonyl (C=O) groups excluding carboxylic acids is 1. The maximum Gasteiger partial charge on any atom is 0.256 e. The minimum absolute atomic E-state index is 0.0121. The number of carbonyl (C=O) groups is 1. The van der Waals surface area contributed by atoms with Gasteiger partial charge in [0.15, 0.2) is 0 Å². The molecule has 0 saturated carbocycles. The largest absolute Gasteiger partial charge is 0.367 e. The highest BCUT2D eigenvalue weighted by Gasteiger charge is 2.31. The van der Waals surface area contributed by atoms with Crippen molar-refractivity contribution in [2.45, 2.75) is 32.2 Å². The summed E-state index contributed by atoms with van der Waals surface area (Å²) in [5.41, 5.74) is 1.72. The van der Waals surface area contributed by atoms with Gasteiger partial charge >= 0.3 is 0 Å². The van der Waals surface area contributed by atoms with Gasteiger partial charge in [0.05, 0.1) is 11.6 Å². The van der Waals surface area contributed by atoms with Crippen LogP contribution in [-0.4, -0.2) is 37.5 Å². The number of aryl methyl sites for hydroxylation is 1. The fraction of sp³-hybridized carbons (Fsp3) is 0.462. The van der Waals surface area contributed by atoms with E-state index >= 15 is 0 Å². The molecule has 2 aromatic heterocycles. The van der Waals surface area contributed by atoms with Crippen LogP contribution in [-0.2, 0) is 0 Å². The Morgan fingerprint density at radius 2 is 2.32 bits per heavy atom. The lowest BCUT2D eigenvalue weighted by atomic mass is 10.00. The Morgan fingerprint density at radius 1 is 1.42 bits per heavy atom. The van der Waals surface area contributed by atoms with E-state index in [4.69, 9.17) is 0 Å². The second-order valence-corrected chi connectivity index (χ2v) is 4.93. The molecule has 1 aliphatic rings. The second-order valence-electron chi connectivity index (χ2n) is 4.93. The number of likely N-dealkylation sites (tertiary alicyclic amines) is 1. The molecule has 6 heteroatoms. The van der Waals surface area contributed by atoms with Gasteiger partial charge in [0, 0.05) is 18.9 Å². The Kier molecular flexibility index (Phi) is 3.06. The molecular formula is C13H17N5O. The lowest BCUT2D eigenvalue weighted by Crippen LogP contribution is -2.39. The highest BCUT2D eigenvalue weighted by Crippen LogP contribution is 2.30. The summed E-state index contributed by atoms with van der Waals surface area (Å²) < 4.78 is 0. The summed E-state index contributed by atoms with van der Waals surface area (Å²) in [6, 6.07) is 0.0121. The molecule has 2 N–H and O–H groups in total. The zero-order valence-electron chi connectivity index (χ0n) is 10.9. The van der Waals surface area contributed by atoms with E-state index in [9.17, 15) is 4.79 Å². The maximum atomic E-state index is 12.6.